The van der Waals surface area contributed by atoms with Gasteiger partial charge in [0.15, 0.2) is 5.82 Å². The molecule has 2 N–H and O–H groups in total. The van der Waals surface area contributed by atoms with E-state index in [2.05, 4.69) is 24.7 Å². The Morgan fingerprint density at radius 1 is 1.30 bits per heavy atom. The molecule has 0 fully saturated rings. The fourth-order valence-electron chi connectivity index (χ4n) is 1.71. The van der Waals surface area contributed by atoms with E-state index in [0.717, 1.165) is 17.5 Å². The smallest absolute Gasteiger partial charge is 0.240 e. The van der Waals surface area contributed by atoms with Gasteiger partial charge in [0.25, 0.3) is 0 Å². The van der Waals surface area contributed by atoms with E-state index in [1.54, 1.807) is 18.2 Å². The van der Waals surface area contributed by atoms with Crippen molar-refractivity contribution in [2.75, 3.05) is 7.05 Å². The van der Waals surface area contributed by atoms with Crippen LogP contribution in [0, 0.1) is 6.92 Å². The average molecular weight is 296 g/mol. The second kappa shape index (κ2) is 6.12. The first-order valence-electron chi connectivity index (χ1n) is 6.02. The van der Waals surface area contributed by atoms with E-state index < -0.39 is 10.0 Å². The Bertz CT molecular complexity index is 668. The normalized spacial score (nSPS) is 11.7. The number of nitrogens with zero attached hydrogens (tertiary/aromatic N) is 2. The van der Waals surface area contributed by atoms with Crippen molar-refractivity contribution in [1.82, 2.24) is 20.2 Å². The number of nitrogens with one attached hydrogen (secondary N) is 2. The highest BCUT2D eigenvalue weighted by atomic mass is 32.2. The monoisotopic (exact) mass is 296 g/mol. The van der Waals surface area contributed by atoms with Gasteiger partial charge in [-0.2, -0.15) is 4.98 Å². The number of aromatic nitrogens is 2. The maximum Gasteiger partial charge on any atom is 0.240 e. The van der Waals surface area contributed by atoms with Crippen molar-refractivity contribution < 1.29 is 12.9 Å². The van der Waals surface area contributed by atoms with Gasteiger partial charge in [-0.05, 0) is 37.2 Å². The van der Waals surface area contributed by atoms with Crippen LogP contribution in [-0.2, 0) is 23.1 Å². The molecular formula is C12H16N4O3S. The third-order valence-electron chi connectivity index (χ3n) is 2.83. The van der Waals surface area contributed by atoms with Gasteiger partial charge >= 0.3 is 0 Å². The minimum Gasteiger partial charge on any atom is -0.343 e. The summed E-state index contributed by atoms with van der Waals surface area (Å²) < 4.78 is 31.3. The van der Waals surface area contributed by atoms with Crippen LogP contribution in [0.4, 0.5) is 0 Å². The summed E-state index contributed by atoms with van der Waals surface area (Å²) in [7, 11) is -1.78. The molecule has 108 valence electrons. The third-order valence-corrected chi connectivity index (χ3v) is 4.22. The topological polar surface area (TPSA) is 97.1 Å². The second-order valence-electron chi connectivity index (χ2n) is 4.29. The minimum atomic E-state index is -3.59. The van der Waals surface area contributed by atoms with Crippen molar-refractivity contribution in [3.8, 4) is 0 Å². The molecule has 0 bridgehead atoms. The summed E-state index contributed by atoms with van der Waals surface area (Å²) in [6.07, 6.45) is 1.15. The molecule has 0 saturated carbocycles. The lowest BCUT2D eigenvalue weighted by molar-refractivity contribution is 0.409. The van der Waals surface area contributed by atoms with Gasteiger partial charge in [0.1, 0.15) is 0 Å². The van der Waals surface area contributed by atoms with E-state index in [0.29, 0.717) is 6.54 Å². The van der Waals surface area contributed by atoms with Gasteiger partial charge in [-0.15, -0.1) is 0 Å². The van der Waals surface area contributed by atoms with Crippen LogP contribution in [0.2, 0.25) is 0 Å². The summed E-state index contributed by atoms with van der Waals surface area (Å²) in [5.74, 6) is 0.288. The summed E-state index contributed by atoms with van der Waals surface area (Å²) in [5, 5.41) is 6.56. The Morgan fingerprint density at radius 3 is 2.75 bits per heavy atom. The lowest BCUT2D eigenvalue weighted by Gasteiger charge is -2.09. The summed E-state index contributed by atoms with van der Waals surface area (Å²) in [5.41, 5.74) is 1.98. The molecule has 0 saturated heterocycles. The highest BCUT2D eigenvalue weighted by Gasteiger charge is 2.16. The molecule has 0 radical (unpaired) electrons. The average Bonchev–Trinajstić information content (AvgIpc) is 2.92. The Balaban J connectivity index is 2.18. The molecule has 8 heteroatoms. The highest BCUT2D eigenvalue weighted by Crippen LogP contribution is 2.15. The van der Waals surface area contributed by atoms with Crippen LogP contribution in [-0.4, -0.2) is 25.6 Å². The van der Waals surface area contributed by atoms with Crippen molar-refractivity contribution in [1.29, 1.82) is 0 Å². The number of hydrogen-bond acceptors (Lipinski definition) is 6. The van der Waals surface area contributed by atoms with E-state index in [9.17, 15) is 8.42 Å². The molecule has 20 heavy (non-hydrogen) atoms. The van der Waals surface area contributed by atoms with Crippen LogP contribution in [0.1, 0.15) is 17.0 Å². The maximum absolute atomic E-state index is 12.2. The first-order chi connectivity index (χ1) is 9.53. The summed E-state index contributed by atoms with van der Waals surface area (Å²) in [6, 6.07) is 5.02. The zero-order valence-corrected chi connectivity index (χ0v) is 12.1. The zero-order chi connectivity index (χ0) is 14.6. The zero-order valence-electron chi connectivity index (χ0n) is 11.3. The minimum absolute atomic E-state index is 0.00588. The summed E-state index contributed by atoms with van der Waals surface area (Å²) in [6.45, 7) is 2.55. The van der Waals surface area contributed by atoms with Crippen LogP contribution < -0.4 is 10.0 Å². The molecular weight excluding hydrogens is 280 g/mol. The number of sulfonamides is 1. The Labute approximate surface area is 117 Å². The van der Waals surface area contributed by atoms with E-state index in [4.69, 9.17) is 0 Å². The Kier molecular flexibility index (Phi) is 4.48. The maximum atomic E-state index is 12.2. The summed E-state index contributed by atoms with van der Waals surface area (Å²) in [4.78, 5) is 3.98. The van der Waals surface area contributed by atoms with E-state index >= 15 is 0 Å². The van der Waals surface area contributed by atoms with Crippen molar-refractivity contribution in [2.24, 2.45) is 0 Å². The molecule has 2 aromatic rings. The van der Waals surface area contributed by atoms with Gasteiger partial charge in [-0.1, -0.05) is 11.2 Å². The lowest BCUT2D eigenvalue weighted by Crippen LogP contribution is -2.24. The molecule has 2 rings (SSSR count). The van der Waals surface area contributed by atoms with E-state index in [-0.39, 0.29) is 17.3 Å². The molecule has 0 aliphatic carbocycles. The van der Waals surface area contributed by atoms with Crippen LogP contribution in [0.5, 0.6) is 0 Å². The molecule has 0 spiro atoms. The number of benzene rings is 1. The van der Waals surface area contributed by atoms with Crippen molar-refractivity contribution >= 4 is 10.0 Å². The third kappa shape index (κ3) is 3.41. The van der Waals surface area contributed by atoms with Gasteiger partial charge in [-0.25, -0.2) is 13.1 Å². The first kappa shape index (κ1) is 14.6. The quantitative estimate of drug-likeness (QED) is 0.809. The predicted octanol–water partition coefficient (Wildman–Crippen LogP) is 0.576. The SMILES string of the molecule is CNCc1cc(S(=O)(=O)NCc2ncon2)ccc1C. The lowest BCUT2D eigenvalue weighted by atomic mass is 10.1. The largest absolute Gasteiger partial charge is 0.343 e. The molecule has 0 aliphatic heterocycles. The fraction of sp³-hybridized carbons (Fsp3) is 0.333. The molecule has 1 aromatic heterocycles. The molecule has 1 heterocycles. The van der Waals surface area contributed by atoms with Gasteiger partial charge in [0.2, 0.25) is 16.4 Å². The predicted molar refractivity (Wildman–Crippen MR) is 72.3 cm³/mol. The van der Waals surface area contributed by atoms with Crippen LogP contribution in [0.3, 0.4) is 0 Å². The van der Waals surface area contributed by atoms with E-state index in [1.807, 2.05) is 14.0 Å². The van der Waals surface area contributed by atoms with Crippen molar-refractivity contribution in [2.45, 2.75) is 24.9 Å². The van der Waals surface area contributed by atoms with Gasteiger partial charge in [-0.3, -0.25) is 0 Å². The number of rotatable bonds is 6. The molecule has 1 aromatic carbocycles. The van der Waals surface area contributed by atoms with Gasteiger partial charge < -0.3 is 9.84 Å². The van der Waals surface area contributed by atoms with Crippen LogP contribution in [0.25, 0.3) is 0 Å². The molecule has 0 amide bonds. The number of hydrogen-bond donors (Lipinski definition) is 2. The van der Waals surface area contributed by atoms with Gasteiger partial charge in [0.05, 0.1) is 11.4 Å². The molecule has 7 nitrogen and oxygen atoms in total. The number of aryl methyl sites for hydroxylation is 1. The fourth-order valence-corrected chi connectivity index (χ4v) is 2.74. The van der Waals surface area contributed by atoms with Crippen LogP contribution in [0.15, 0.2) is 34.0 Å². The van der Waals surface area contributed by atoms with Gasteiger partial charge in [0, 0.05) is 6.54 Å². The second-order valence-corrected chi connectivity index (χ2v) is 6.06. The molecule has 0 aliphatic rings. The molecule has 0 atom stereocenters. The Morgan fingerprint density at radius 2 is 2.10 bits per heavy atom. The van der Waals surface area contributed by atoms with Crippen LogP contribution >= 0.6 is 0 Å². The standard InChI is InChI=1S/C12H16N4O3S/c1-9-3-4-11(5-10(9)6-13-2)20(17,18)15-7-12-14-8-19-16-12/h3-5,8,13,15H,6-7H2,1-2H3. The van der Waals surface area contributed by atoms with E-state index in [1.165, 1.54) is 0 Å². The first-order valence-corrected chi connectivity index (χ1v) is 7.50. The Hall–Kier alpha value is -1.77. The summed E-state index contributed by atoms with van der Waals surface area (Å²) >= 11 is 0. The highest BCUT2D eigenvalue weighted by molar-refractivity contribution is 7.89. The van der Waals surface area contributed by atoms with Crippen molar-refractivity contribution in [3.63, 3.8) is 0 Å². The van der Waals surface area contributed by atoms with Crippen molar-refractivity contribution in [3.05, 3.63) is 41.5 Å². The molecule has 0 unspecified atom stereocenters.